The fourth-order valence-corrected chi connectivity index (χ4v) is 3.09. The third kappa shape index (κ3) is 6.38. The van der Waals surface area contributed by atoms with Crippen LogP contribution in [-0.4, -0.2) is 49.7 Å². The standard InChI is InChI=1S/C20H19F6N7O3/c1-9-5-12(31-32-16(9)15-10(2)30-33-17(15)20(24,25)26)8-27-18(35)28-11-6-13(19(21,22)23)29-14(7-11)36-4-3-34/h5-7,34H,3-4,8H2,1-2H3,(H,30,33)(H2,27,28,29,35). The van der Waals surface area contributed by atoms with Crippen molar-refractivity contribution >= 4 is 11.7 Å². The maximum Gasteiger partial charge on any atom is 0.435 e. The summed E-state index contributed by atoms with van der Waals surface area (Å²) in [6.07, 6.45) is -9.53. The first-order chi connectivity index (χ1) is 16.8. The largest absolute Gasteiger partial charge is 0.475 e. The quantitative estimate of drug-likeness (QED) is 0.350. The maximum atomic E-state index is 13.3. The zero-order valence-corrected chi connectivity index (χ0v) is 18.7. The van der Waals surface area contributed by atoms with Crippen molar-refractivity contribution in [2.24, 2.45) is 0 Å². The van der Waals surface area contributed by atoms with Gasteiger partial charge in [0.2, 0.25) is 5.88 Å². The summed E-state index contributed by atoms with van der Waals surface area (Å²) in [7, 11) is 0. The fourth-order valence-electron chi connectivity index (χ4n) is 3.09. The number of H-pyrrole nitrogens is 1. The van der Waals surface area contributed by atoms with E-state index < -0.39 is 42.3 Å². The van der Waals surface area contributed by atoms with Gasteiger partial charge in [-0.15, -0.1) is 5.10 Å². The molecule has 0 aromatic carbocycles. The van der Waals surface area contributed by atoms with Crippen LogP contribution in [0.5, 0.6) is 5.88 Å². The lowest BCUT2D eigenvalue weighted by molar-refractivity contribution is -0.141. The summed E-state index contributed by atoms with van der Waals surface area (Å²) < 4.78 is 83.9. The molecule has 3 aromatic rings. The molecule has 0 aliphatic heterocycles. The van der Waals surface area contributed by atoms with Crippen molar-refractivity contribution in [1.29, 1.82) is 0 Å². The minimum absolute atomic E-state index is 0.0475. The number of ether oxygens (including phenoxy) is 1. The van der Waals surface area contributed by atoms with Gasteiger partial charge in [-0.05, 0) is 31.5 Å². The van der Waals surface area contributed by atoms with Crippen molar-refractivity contribution in [2.45, 2.75) is 32.7 Å². The summed E-state index contributed by atoms with van der Waals surface area (Å²) in [6, 6.07) is 2.13. The molecule has 194 valence electrons. The van der Waals surface area contributed by atoms with E-state index in [-0.39, 0.29) is 41.5 Å². The second-order valence-corrected chi connectivity index (χ2v) is 7.39. The first-order valence-corrected chi connectivity index (χ1v) is 10.1. The molecule has 10 nitrogen and oxygen atoms in total. The van der Waals surface area contributed by atoms with E-state index >= 15 is 0 Å². The molecule has 0 saturated heterocycles. The molecule has 3 heterocycles. The van der Waals surface area contributed by atoms with E-state index in [2.05, 4.69) is 36.0 Å². The Balaban J connectivity index is 1.72. The van der Waals surface area contributed by atoms with Crippen LogP contribution in [0, 0.1) is 13.8 Å². The molecule has 0 bridgehead atoms. The van der Waals surface area contributed by atoms with Crippen LogP contribution in [0.3, 0.4) is 0 Å². The summed E-state index contributed by atoms with van der Waals surface area (Å²) in [5.74, 6) is -0.459. The van der Waals surface area contributed by atoms with Gasteiger partial charge < -0.3 is 20.5 Å². The molecule has 0 spiro atoms. The number of nitrogens with zero attached hydrogens (tertiary/aromatic N) is 4. The minimum Gasteiger partial charge on any atom is -0.475 e. The number of alkyl halides is 6. The first-order valence-electron chi connectivity index (χ1n) is 10.1. The van der Waals surface area contributed by atoms with E-state index in [1.165, 1.54) is 19.9 Å². The number of halogens is 6. The molecule has 16 heteroatoms. The number of aromatic amines is 1. The number of hydrogen-bond acceptors (Lipinski definition) is 7. The first kappa shape index (κ1) is 26.7. The van der Waals surface area contributed by atoms with Gasteiger partial charge >= 0.3 is 18.4 Å². The average Bonchev–Trinajstić information content (AvgIpc) is 3.17. The Hall–Kier alpha value is -3.95. The molecule has 0 saturated carbocycles. The van der Waals surface area contributed by atoms with Crippen LogP contribution in [0.4, 0.5) is 36.8 Å². The number of aliphatic hydroxyl groups is 1. The second kappa shape index (κ2) is 10.3. The van der Waals surface area contributed by atoms with Gasteiger partial charge in [-0.25, -0.2) is 9.78 Å². The Morgan fingerprint density at radius 3 is 2.42 bits per heavy atom. The SMILES string of the molecule is Cc1cc(CNC(=O)Nc2cc(OCCO)nc(C(F)(F)F)c2)nnc1-c1c(C(F)(F)F)n[nH]c1C. The van der Waals surface area contributed by atoms with Crippen LogP contribution in [0.2, 0.25) is 0 Å². The van der Waals surface area contributed by atoms with E-state index in [0.29, 0.717) is 11.6 Å². The Morgan fingerprint density at radius 2 is 1.81 bits per heavy atom. The predicted octanol–water partition coefficient (Wildman–Crippen LogP) is 3.61. The lowest BCUT2D eigenvalue weighted by Gasteiger charge is -2.13. The number of anilines is 1. The molecule has 0 aliphatic rings. The van der Waals surface area contributed by atoms with Gasteiger partial charge in [-0.3, -0.25) is 5.10 Å². The van der Waals surface area contributed by atoms with Gasteiger partial charge in [0.15, 0.2) is 11.4 Å². The zero-order valence-electron chi connectivity index (χ0n) is 18.7. The third-order valence-electron chi connectivity index (χ3n) is 4.61. The van der Waals surface area contributed by atoms with Gasteiger partial charge in [0.05, 0.1) is 30.1 Å². The molecular formula is C20H19F6N7O3. The topological polar surface area (TPSA) is 138 Å². The fraction of sp³-hybridized carbons (Fsp3) is 0.350. The molecule has 3 aromatic heterocycles. The minimum atomic E-state index is -4.82. The number of amides is 2. The second-order valence-electron chi connectivity index (χ2n) is 7.39. The molecule has 4 N–H and O–H groups in total. The van der Waals surface area contributed by atoms with Crippen LogP contribution in [0.1, 0.15) is 28.3 Å². The van der Waals surface area contributed by atoms with Crippen LogP contribution in [-0.2, 0) is 18.9 Å². The van der Waals surface area contributed by atoms with Crippen LogP contribution < -0.4 is 15.4 Å². The highest BCUT2D eigenvalue weighted by Gasteiger charge is 2.39. The van der Waals surface area contributed by atoms with Gasteiger partial charge in [-0.1, -0.05) is 0 Å². The molecule has 36 heavy (non-hydrogen) atoms. The van der Waals surface area contributed by atoms with Gasteiger partial charge in [0.25, 0.3) is 0 Å². The number of pyridine rings is 1. The predicted molar refractivity (Wildman–Crippen MR) is 112 cm³/mol. The summed E-state index contributed by atoms with van der Waals surface area (Å²) in [5.41, 5.74) is -2.39. The van der Waals surface area contributed by atoms with Crippen molar-refractivity contribution < 1.29 is 41.0 Å². The van der Waals surface area contributed by atoms with Crippen molar-refractivity contribution in [2.75, 3.05) is 18.5 Å². The maximum absolute atomic E-state index is 13.3. The summed E-state index contributed by atoms with van der Waals surface area (Å²) in [6.45, 7) is 1.90. The van der Waals surface area contributed by atoms with Gasteiger partial charge in [0, 0.05) is 17.4 Å². The number of aliphatic hydroxyl groups excluding tert-OH is 1. The average molecular weight is 519 g/mol. The highest BCUT2D eigenvalue weighted by molar-refractivity contribution is 5.89. The van der Waals surface area contributed by atoms with E-state index in [1.54, 1.807) is 0 Å². The molecule has 0 radical (unpaired) electrons. The normalized spacial score (nSPS) is 11.9. The number of urea groups is 1. The molecule has 0 aliphatic carbocycles. The smallest absolute Gasteiger partial charge is 0.435 e. The summed E-state index contributed by atoms with van der Waals surface area (Å²) >= 11 is 0. The number of hydrogen-bond donors (Lipinski definition) is 4. The highest BCUT2D eigenvalue weighted by atomic mass is 19.4. The Morgan fingerprint density at radius 1 is 1.08 bits per heavy atom. The van der Waals surface area contributed by atoms with Gasteiger partial charge in [-0.2, -0.15) is 36.5 Å². The van der Waals surface area contributed by atoms with Crippen LogP contribution in [0.15, 0.2) is 18.2 Å². The van der Waals surface area contributed by atoms with Crippen molar-refractivity contribution in [3.8, 4) is 17.1 Å². The Kier molecular flexibility index (Phi) is 7.66. The van der Waals surface area contributed by atoms with Crippen LogP contribution >= 0.6 is 0 Å². The number of rotatable bonds is 7. The summed E-state index contributed by atoms with van der Waals surface area (Å²) in [4.78, 5) is 15.5. The van der Waals surface area contributed by atoms with Gasteiger partial charge in [0.1, 0.15) is 6.61 Å². The molecular weight excluding hydrogens is 500 g/mol. The monoisotopic (exact) mass is 519 g/mol. The molecule has 0 fully saturated rings. The number of carbonyl (C=O) groups excluding carboxylic acids is 1. The molecule has 3 rings (SSSR count). The van der Waals surface area contributed by atoms with Crippen molar-refractivity contribution in [3.05, 3.63) is 46.5 Å². The number of aromatic nitrogens is 5. The molecule has 2 amide bonds. The van der Waals surface area contributed by atoms with E-state index in [1.807, 2.05) is 0 Å². The van der Waals surface area contributed by atoms with Crippen LogP contribution in [0.25, 0.3) is 11.3 Å². The number of aryl methyl sites for hydroxylation is 2. The lowest BCUT2D eigenvalue weighted by atomic mass is 10.0. The van der Waals surface area contributed by atoms with Crippen molar-refractivity contribution in [3.63, 3.8) is 0 Å². The lowest BCUT2D eigenvalue weighted by Crippen LogP contribution is -2.29. The third-order valence-corrected chi connectivity index (χ3v) is 4.61. The Labute approximate surface area is 199 Å². The Bertz CT molecular complexity index is 1240. The number of nitrogens with one attached hydrogen (secondary N) is 3. The number of carbonyl (C=O) groups is 1. The van der Waals surface area contributed by atoms with E-state index in [9.17, 15) is 31.1 Å². The van der Waals surface area contributed by atoms with Crippen molar-refractivity contribution in [1.82, 2.24) is 30.7 Å². The highest BCUT2D eigenvalue weighted by Crippen LogP contribution is 2.37. The summed E-state index contributed by atoms with van der Waals surface area (Å²) in [5, 5.41) is 26.6. The molecule has 0 unspecified atom stereocenters. The zero-order chi connectivity index (χ0) is 26.7. The molecule has 0 atom stereocenters. The van der Waals surface area contributed by atoms with E-state index in [4.69, 9.17) is 9.84 Å². The van der Waals surface area contributed by atoms with E-state index in [0.717, 1.165) is 6.07 Å².